The van der Waals surface area contributed by atoms with Crippen LogP contribution in [0.25, 0.3) is 0 Å². The molecule has 1 aliphatic carbocycles. The topological polar surface area (TPSA) is 29.3 Å². The molecule has 1 saturated carbocycles. The normalized spacial score (nSPS) is 34.8. The van der Waals surface area contributed by atoms with Crippen molar-refractivity contribution in [2.45, 2.75) is 52.4 Å². The molecule has 100 valence electrons. The highest BCUT2D eigenvalue weighted by Gasteiger charge is 2.35. The smallest absolute Gasteiger partial charge is 0.00503 e. The van der Waals surface area contributed by atoms with Gasteiger partial charge in [-0.1, -0.05) is 39.5 Å². The molecule has 2 rings (SSSR count). The largest absolute Gasteiger partial charge is 0.330 e. The zero-order valence-electron chi connectivity index (χ0n) is 11.8. The summed E-state index contributed by atoms with van der Waals surface area (Å²) in [4.78, 5) is 2.69. The van der Waals surface area contributed by atoms with Crippen LogP contribution in [0.5, 0.6) is 0 Å². The third-order valence-electron chi connectivity index (χ3n) is 5.22. The van der Waals surface area contributed by atoms with Crippen molar-refractivity contribution >= 4 is 0 Å². The lowest BCUT2D eigenvalue weighted by Crippen LogP contribution is -2.41. The number of hydrogen-bond donors (Lipinski definition) is 1. The number of nitrogens with zero attached hydrogens (tertiary/aromatic N) is 1. The van der Waals surface area contributed by atoms with Gasteiger partial charge in [-0.3, -0.25) is 0 Å². The summed E-state index contributed by atoms with van der Waals surface area (Å²) in [5.41, 5.74) is 6.57. The summed E-state index contributed by atoms with van der Waals surface area (Å²) in [5, 5.41) is 0. The lowest BCUT2D eigenvalue weighted by Gasteiger charge is -2.35. The summed E-state index contributed by atoms with van der Waals surface area (Å²) < 4.78 is 0. The van der Waals surface area contributed by atoms with Gasteiger partial charge in [0, 0.05) is 19.6 Å². The van der Waals surface area contributed by atoms with Crippen molar-refractivity contribution in [1.29, 1.82) is 0 Å². The molecular formula is C15H30N2. The first-order valence-electron chi connectivity index (χ1n) is 7.58. The van der Waals surface area contributed by atoms with Gasteiger partial charge < -0.3 is 10.6 Å². The van der Waals surface area contributed by atoms with E-state index in [9.17, 15) is 0 Å². The molecule has 2 N–H and O–H groups in total. The molecule has 2 unspecified atom stereocenters. The zero-order valence-corrected chi connectivity index (χ0v) is 11.8. The van der Waals surface area contributed by atoms with Gasteiger partial charge in [-0.15, -0.1) is 0 Å². The van der Waals surface area contributed by atoms with Crippen LogP contribution in [0.3, 0.4) is 0 Å². The Bertz CT molecular complexity index is 221. The molecule has 0 aromatic rings. The van der Waals surface area contributed by atoms with Crippen molar-refractivity contribution in [1.82, 2.24) is 4.90 Å². The molecular weight excluding hydrogens is 208 g/mol. The minimum absolute atomic E-state index is 0.445. The Morgan fingerprint density at radius 2 is 1.53 bits per heavy atom. The maximum atomic E-state index is 6.13. The van der Waals surface area contributed by atoms with Crippen molar-refractivity contribution in [3.05, 3.63) is 0 Å². The average molecular weight is 238 g/mol. The van der Waals surface area contributed by atoms with Crippen LogP contribution >= 0.6 is 0 Å². The van der Waals surface area contributed by atoms with Crippen LogP contribution < -0.4 is 5.73 Å². The molecule has 0 radical (unpaired) electrons. The monoisotopic (exact) mass is 238 g/mol. The third-order valence-corrected chi connectivity index (χ3v) is 5.22. The molecule has 2 atom stereocenters. The van der Waals surface area contributed by atoms with Gasteiger partial charge in [-0.25, -0.2) is 0 Å². The molecule has 0 aromatic carbocycles. The second kappa shape index (κ2) is 5.71. The summed E-state index contributed by atoms with van der Waals surface area (Å²) in [6, 6.07) is 0. The van der Waals surface area contributed by atoms with Crippen molar-refractivity contribution in [3.8, 4) is 0 Å². The van der Waals surface area contributed by atoms with E-state index >= 15 is 0 Å². The summed E-state index contributed by atoms with van der Waals surface area (Å²) >= 11 is 0. The second-order valence-electron chi connectivity index (χ2n) is 6.77. The van der Waals surface area contributed by atoms with Gasteiger partial charge >= 0.3 is 0 Å². The minimum Gasteiger partial charge on any atom is -0.330 e. The van der Waals surface area contributed by atoms with Gasteiger partial charge in [-0.2, -0.15) is 0 Å². The number of nitrogens with two attached hydrogens (primary N) is 1. The highest BCUT2D eigenvalue weighted by Crippen LogP contribution is 2.36. The van der Waals surface area contributed by atoms with Crippen molar-refractivity contribution < 1.29 is 0 Å². The molecule has 17 heavy (non-hydrogen) atoms. The molecule has 0 aromatic heterocycles. The van der Waals surface area contributed by atoms with Gasteiger partial charge in [0.25, 0.3) is 0 Å². The molecule has 0 spiro atoms. The predicted molar refractivity (Wildman–Crippen MR) is 74.0 cm³/mol. The molecule has 2 heteroatoms. The SMILES string of the molecule is CC1CN(CC2(CN)CCCCCC2)CC1C. The average Bonchev–Trinajstić information content (AvgIpc) is 2.54. The van der Waals surface area contributed by atoms with Crippen LogP contribution in [-0.2, 0) is 0 Å². The van der Waals surface area contributed by atoms with Crippen LogP contribution in [0, 0.1) is 17.3 Å². The van der Waals surface area contributed by atoms with E-state index in [0.717, 1.165) is 18.4 Å². The van der Waals surface area contributed by atoms with E-state index in [1.807, 2.05) is 0 Å². The second-order valence-corrected chi connectivity index (χ2v) is 6.77. The maximum Gasteiger partial charge on any atom is 0.00503 e. The molecule has 1 aliphatic heterocycles. The van der Waals surface area contributed by atoms with Crippen LogP contribution in [0.1, 0.15) is 52.4 Å². The molecule has 2 aliphatic rings. The fraction of sp³-hybridized carbons (Fsp3) is 1.00. The van der Waals surface area contributed by atoms with Crippen molar-refractivity contribution in [2.75, 3.05) is 26.2 Å². The Labute approximate surface area is 107 Å². The fourth-order valence-electron chi connectivity index (χ4n) is 3.76. The highest BCUT2D eigenvalue weighted by molar-refractivity contribution is 4.89. The Morgan fingerprint density at radius 1 is 1.00 bits per heavy atom. The molecule has 2 fully saturated rings. The first kappa shape index (κ1) is 13.4. The quantitative estimate of drug-likeness (QED) is 0.766. The standard InChI is InChI=1S/C15H30N2/c1-13-9-17(10-14(13)2)12-15(11-16)7-5-3-4-6-8-15/h13-14H,3-12,16H2,1-2H3. The van der Waals surface area contributed by atoms with Crippen LogP contribution in [0.4, 0.5) is 0 Å². The molecule has 1 heterocycles. The summed E-state index contributed by atoms with van der Waals surface area (Å²) in [7, 11) is 0. The minimum atomic E-state index is 0.445. The predicted octanol–water partition coefficient (Wildman–Crippen LogP) is 2.87. The Hall–Kier alpha value is -0.0800. The summed E-state index contributed by atoms with van der Waals surface area (Å²) in [6.07, 6.45) is 8.38. The lowest BCUT2D eigenvalue weighted by molar-refractivity contribution is 0.152. The van der Waals surface area contributed by atoms with E-state index in [2.05, 4.69) is 18.7 Å². The van der Waals surface area contributed by atoms with Crippen LogP contribution in [0.2, 0.25) is 0 Å². The first-order valence-corrected chi connectivity index (χ1v) is 7.58. The van der Waals surface area contributed by atoms with Gasteiger partial charge in [0.2, 0.25) is 0 Å². The van der Waals surface area contributed by atoms with E-state index < -0.39 is 0 Å². The summed E-state index contributed by atoms with van der Waals surface area (Å²) in [6.45, 7) is 9.54. The van der Waals surface area contributed by atoms with Gasteiger partial charge in [0.15, 0.2) is 0 Å². The fourth-order valence-corrected chi connectivity index (χ4v) is 3.76. The molecule has 0 amide bonds. The Kier molecular flexibility index (Phi) is 4.48. The van der Waals surface area contributed by atoms with Gasteiger partial charge in [0.05, 0.1) is 0 Å². The van der Waals surface area contributed by atoms with Crippen LogP contribution in [-0.4, -0.2) is 31.1 Å². The highest BCUT2D eigenvalue weighted by atomic mass is 15.2. The number of hydrogen-bond acceptors (Lipinski definition) is 2. The Balaban J connectivity index is 1.94. The first-order chi connectivity index (χ1) is 8.15. The zero-order chi connectivity index (χ0) is 12.3. The third kappa shape index (κ3) is 3.23. The molecule has 0 bridgehead atoms. The lowest BCUT2D eigenvalue weighted by atomic mass is 9.80. The van der Waals surface area contributed by atoms with E-state index in [1.165, 1.54) is 58.2 Å². The van der Waals surface area contributed by atoms with Crippen molar-refractivity contribution in [3.63, 3.8) is 0 Å². The van der Waals surface area contributed by atoms with Gasteiger partial charge in [-0.05, 0) is 36.6 Å². The van der Waals surface area contributed by atoms with E-state index in [0.29, 0.717) is 5.41 Å². The maximum absolute atomic E-state index is 6.13. The van der Waals surface area contributed by atoms with Crippen molar-refractivity contribution in [2.24, 2.45) is 23.0 Å². The number of rotatable bonds is 3. The van der Waals surface area contributed by atoms with Crippen LogP contribution in [0.15, 0.2) is 0 Å². The molecule has 1 saturated heterocycles. The van der Waals surface area contributed by atoms with E-state index in [4.69, 9.17) is 5.73 Å². The van der Waals surface area contributed by atoms with E-state index in [-0.39, 0.29) is 0 Å². The Morgan fingerprint density at radius 3 is 2.00 bits per heavy atom. The van der Waals surface area contributed by atoms with Gasteiger partial charge in [0.1, 0.15) is 0 Å². The summed E-state index contributed by atoms with van der Waals surface area (Å²) in [5.74, 6) is 1.74. The molecule has 2 nitrogen and oxygen atoms in total. The van der Waals surface area contributed by atoms with E-state index in [1.54, 1.807) is 0 Å². The number of likely N-dealkylation sites (tertiary alicyclic amines) is 1.